The molecule has 2 saturated carbocycles. The van der Waals surface area contributed by atoms with Gasteiger partial charge in [-0.3, -0.25) is 9.59 Å². The van der Waals surface area contributed by atoms with Gasteiger partial charge in [-0.2, -0.15) is 0 Å². The molecule has 0 bridgehead atoms. The highest BCUT2D eigenvalue weighted by Crippen LogP contribution is 2.39. The van der Waals surface area contributed by atoms with Crippen molar-refractivity contribution in [3.63, 3.8) is 0 Å². The summed E-state index contributed by atoms with van der Waals surface area (Å²) in [5.41, 5.74) is -0.383. The summed E-state index contributed by atoms with van der Waals surface area (Å²) in [5.74, 6) is 0.250. The number of piperidine rings is 1. The molecule has 1 atom stereocenters. The highest BCUT2D eigenvalue weighted by molar-refractivity contribution is 7.90. The number of likely N-dealkylation sites (tertiary alicyclic amines) is 1. The summed E-state index contributed by atoms with van der Waals surface area (Å²) in [5, 5.41) is 2.49. The van der Waals surface area contributed by atoms with E-state index in [1.165, 1.54) is 0 Å². The van der Waals surface area contributed by atoms with E-state index in [1.54, 1.807) is 4.90 Å². The van der Waals surface area contributed by atoms with E-state index in [1.807, 2.05) is 0 Å². The third kappa shape index (κ3) is 3.07. The molecule has 25 heavy (non-hydrogen) atoms. The lowest BCUT2D eigenvalue weighted by Gasteiger charge is -2.51. The smallest absolute Gasteiger partial charge is 0.225 e. The van der Waals surface area contributed by atoms with Gasteiger partial charge in [0.05, 0.1) is 5.54 Å². The zero-order chi connectivity index (χ0) is 17.7. The number of carbonyl (C=O) groups excluding carboxylic acids is 2. The molecule has 8 heteroatoms. The van der Waals surface area contributed by atoms with E-state index in [-0.39, 0.29) is 29.3 Å². The van der Waals surface area contributed by atoms with Crippen LogP contribution >= 0.6 is 0 Å². The molecule has 140 valence electrons. The van der Waals surface area contributed by atoms with E-state index in [0.29, 0.717) is 25.9 Å². The number of carbonyl (C=O) groups is 2. The minimum absolute atomic E-state index is 0.0205. The molecule has 0 aromatic carbocycles. The number of hydrogen-bond donors (Lipinski definition) is 2. The summed E-state index contributed by atoms with van der Waals surface area (Å²) in [6.45, 7) is 0.605. The summed E-state index contributed by atoms with van der Waals surface area (Å²) in [6, 6.07) is -0.219. The zero-order valence-electron chi connectivity index (χ0n) is 14.5. The second kappa shape index (κ2) is 6.23. The van der Waals surface area contributed by atoms with Gasteiger partial charge in [0.15, 0.2) is 0 Å². The molecule has 0 aromatic rings. The fourth-order valence-corrected chi connectivity index (χ4v) is 6.41. The second-order valence-electron chi connectivity index (χ2n) is 8.16. The van der Waals surface area contributed by atoms with Crippen LogP contribution in [0.1, 0.15) is 57.8 Å². The fourth-order valence-electron chi connectivity index (χ4n) is 4.72. The Morgan fingerprint density at radius 1 is 1.12 bits per heavy atom. The molecule has 1 spiro atoms. The van der Waals surface area contributed by atoms with E-state index in [4.69, 9.17) is 0 Å². The molecule has 0 aromatic heterocycles. The molecule has 2 aliphatic heterocycles. The van der Waals surface area contributed by atoms with Crippen molar-refractivity contribution in [2.75, 3.05) is 13.1 Å². The average molecular weight is 369 g/mol. The lowest BCUT2D eigenvalue weighted by Crippen LogP contribution is -2.70. The molecule has 2 amide bonds. The van der Waals surface area contributed by atoms with Crippen molar-refractivity contribution in [1.29, 1.82) is 0 Å². The quantitative estimate of drug-likeness (QED) is 0.755. The van der Waals surface area contributed by atoms with Crippen LogP contribution in [-0.2, 0) is 19.6 Å². The minimum Gasteiger partial charge on any atom is -0.349 e. The molecular weight excluding hydrogens is 342 g/mol. The van der Waals surface area contributed by atoms with Crippen molar-refractivity contribution in [2.45, 2.75) is 74.6 Å². The van der Waals surface area contributed by atoms with Crippen LogP contribution in [0.5, 0.6) is 0 Å². The first-order valence-electron chi connectivity index (χ1n) is 9.51. The van der Waals surface area contributed by atoms with Crippen molar-refractivity contribution in [1.82, 2.24) is 14.9 Å². The van der Waals surface area contributed by atoms with E-state index in [9.17, 15) is 18.0 Å². The number of nitrogens with one attached hydrogen (secondary N) is 2. The fraction of sp³-hybridized carbons (Fsp3) is 0.882. The van der Waals surface area contributed by atoms with Gasteiger partial charge in [0.2, 0.25) is 21.8 Å². The summed E-state index contributed by atoms with van der Waals surface area (Å²) in [6.07, 6.45) is 7.70. The normalized spacial score (nSPS) is 30.0. The summed E-state index contributed by atoms with van der Waals surface area (Å²) in [7, 11) is -3.47. The lowest BCUT2D eigenvalue weighted by molar-refractivity contribution is -0.138. The molecule has 4 aliphatic rings. The molecule has 4 fully saturated rings. The first kappa shape index (κ1) is 17.3. The Hall–Kier alpha value is -1.15. The van der Waals surface area contributed by atoms with E-state index in [0.717, 1.165) is 44.9 Å². The van der Waals surface area contributed by atoms with E-state index >= 15 is 0 Å². The van der Waals surface area contributed by atoms with Crippen molar-refractivity contribution >= 4 is 21.8 Å². The predicted octanol–water partition coefficient (Wildman–Crippen LogP) is 0.508. The molecule has 4 rings (SSSR count). The Kier molecular flexibility index (Phi) is 4.30. The Morgan fingerprint density at radius 3 is 2.40 bits per heavy atom. The van der Waals surface area contributed by atoms with Gasteiger partial charge in [-0.25, -0.2) is 13.1 Å². The Balaban J connectivity index is 1.35. The minimum atomic E-state index is -3.47. The number of rotatable bonds is 4. The van der Waals surface area contributed by atoms with Crippen molar-refractivity contribution in [3.05, 3.63) is 0 Å². The highest BCUT2D eigenvalue weighted by atomic mass is 32.2. The van der Waals surface area contributed by atoms with Gasteiger partial charge in [-0.1, -0.05) is 12.8 Å². The monoisotopic (exact) mass is 369 g/mol. The predicted molar refractivity (Wildman–Crippen MR) is 92.1 cm³/mol. The van der Waals surface area contributed by atoms with E-state index < -0.39 is 15.3 Å². The van der Waals surface area contributed by atoms with Gasteiger partial charge in [-0.15, -0.1) is 0 Å². The van der Waals surface area contributed by atoms with Gasteiger partial charge in [0.1, 0.15) is 5.25 Å². The maximum atomic E-state index is 12.7. The molecule has 2 heterocycles. The third-order valence-electron chi connectivity index (χ3n) is 6.57. The molecule has 2 saturated heterocycles. The van der Waals surface area contributed by atoms with Gasteiger partial charge in [-0.05, 0) is 38.5 Å². The molecule has 0 unspecified atom stereocenters. The topological polar surface area (TPSA) is 95.6 Å². The van der Waals surface area contributed by atoms with Crippen LogP contribution in [0, 0.1) is 5.92 Å². The Labute approximate surface area is 148 Å². The lowest BCUT2D eigenvalue weighted by atomic mass is 9.68. The number of amides is 2. The summed E-state index contributed by atoms with van der Waals surface area (Å²) in [4.78, 5) is 25.7. The molecule has 2 aliphatic carbocycles. The summed E-state index contributed by atoms with van der Waals surface area (Å²) < 4.78 is 28.3. The number of sulfonamides is 1. The molecule has 7 nitrogen and oxygen atoms in total. The number of nitrogens with zero attached hydrogens (tertiary/aromatic N) is 1. The van der Waals surface area contributed by atoms with Gasteiger partial charge in [0.25, 0.3) is 0 Å². The highest BCUT2D eigenvalue weighted by Gasteiger charge is 2.51. The van der Waals surface area contributed by atoms with Gasteiger partial charge < -0.3 is 10.2 Å². The molecular formula is C17H27N3O4S. The van der Waals surface area contributed by atoms with Crippen LogP contribution in [0.3, 0.4) is 0 Å². The van der Waals surface area contributed by atoms with Crippen LogP contribution in [0.4, 0.5) is 0 Å². The Morgan fingerprint density at radius 2 is 1.80 bits per heavy atom. The van der Waals surface area contributed by atoms with Crippen molar-refractivity contribution < 1.29 is 18.0 Å². The first-order valence-corrected chi connectivity index (χ1v) is 11.1. The molecule has 2 N–H and O–H groups in total. The SMILES string of the molecule is O=C1CC[C@@H](NS(=O)(=O)C2CN(C(=O)C3CCCC3)C2)C2(CCC2)N1. The van der Waals surface area contributed by atoms with Crippen LogP contribution in [0.2, 0.25) is 0 Å². The zero-order valence-corrected chi connectivity index (χ0v) is 15.3. The maximum Gasteiger partial charge on any atom is 0.225 e. The van der Waals surface area contributed by atoms with E-state index in [2.05, 4.69) is 10.0 Å². The largest absolute Gasteiger partial charge is 0.349 e. The second-order valence-corrected chi connectivity index (χ2v) is 10.2. The van der Waals surface area contributed by atoms with Crippen LogP contribution in [0.15, 0.2) is 0 Å². The van der Waals surface area contributed by atoms with Crippen molar-refractivity contribution in [2.24, 2.45) is 5.92 Å². The van der Waals surface area contributed by atoms with Gasteiger partial charge >= 0.3 is 0 Å². The maximum absolute atomic E-state index is 12.7. The average Bonchev–Trinajstić information content (AvgIpc) is 2.99. The summed E-state index contributed by atoms with van der Waals surface area (Å²) >= 11 is 0. The Bertz CT molecular complexity index is 661. The first-order chi connectivity index (χ1) is 11.9. The third-order valence-corrected chi connectivity index (χ3v) is 8.36. The van der Waals surface area contributed by atoms with Crippen molar-refractivity contribution in [3.8, 4) is 0 Å². The van der Waals surface area contributed by atoms with Crippen LogP contribution in [0.25, 0.3) is 0 Å². The van der Waals surface area contributed by atoms with Crippen LogP contribution in [-0.4, -0.2) is 55.1 Å². The van der Waals surface area contributed by atoms with Crippen LogP contribution < -0.4 is 10.0 Å². The number of hydrogen-bond acceptors (Lipinski definition) is 4. The standard InChI is InChI=1S/C17H27N3O4S/c21-15-7-6-14(17(18-15)8-3-9-17)19-25(23,24)13-10-20(11-13)16(22)12-4-1-2-5-12/h12-14,19H,1-11H2,(H,18,21)/t14-/m1/s1. The molecule has 0 radical (unpaired) electrons. The van der Waals surface area contributed by atoms with Gasteiger partial charge in [0, 0.05) is 31.5 Å².